The number of methoxy groups -OCH3 is 2. The highest BCUT2D eigenvalue weighted by Crippen LogP contribution is 2.37. The number of nitrogens with zero attached hydrogens (tertiary/aromatic N) is 3. The maximum Gasteiger partial charge on any atom is 0.171 e. The summed E-state index contributed by atoms with van der Waals surface area (Å²) < 4.78 is 12.9. The normalized spacial score (nSPS) is 10.5. The molecule has 0 saturated carbocycles. The molecular formula is C17H17N3O2. The highest BCUT2D eigenvalue weighted by molar-refractivity contribution is 5.69. The minimum Gasteiger partial charge on any atom is -0.493 e. The molecule has 0 radical (unpaired) electrons. The number of benzene rings is 1. The van der Waals surface area contributed by atoms with Crippen molar-refractivity contribution in [3.63, 3.8) is 0 Å². The fraction of sp³-hybridized carbons (Fsp3) is 0.176. The van der Waals surface area contributed by atoms with Gasteiger partial charge in [0.1, 0.15) is 5.82 Å². The third-order valence-electron chi connectivity index (χ3n) is 3.42. The largest absolute Gasteiger partial charge is 0.493 e. The molecule has 112 valence electrons. The van der Waals surface area contributed by atoms with Crippen molar-refractivity contribution in [3.8, 4) is 22.9 Å². The second-order valence-corrected chi connectivity index (χ2v) is 4.74. The number of aromatic nitrogens is 3. The van der Waals surface area contributed by atoms with E-state index in [4.69, 9.17) is 9.47 Å². The van der Waals surface area contributed by atoms with Crippen molar-refractivity contribution in [3.05, 3.63) is 60.7 Å². The molecule has 0 spiro atoms. The molecule has 0 atom stereocenters. The maximum absolute atomic E-state index is 5.50. The van der Waals surface area contributed by atoms with E-state index in [-0.39, 0.29) is 0 Å². The van der Waals surface area contributed by atoms with E-state index in [1.54, 1.807) is 26.6 Å². The average Bonchev–Trinajstić information content (AvgIpc) is 3.02. The third kappa shape index (κ3) is 2.65. The van der Waals surface area contributed by atoms with E-state index in [0.717, 1.165) is 17.1 Å². The zero-order valence-corrected chi connectivity index (χ0v) is 12.6. The highest BCUT2D eigenvalue weighted by Gasteiger charge is 2.15. The van der Waals surface area contributed by atoms with Crippen molar-refractivity contribution in [2.24, 2.45) is 0 Å². The Hall–Kier alpha value is -2.82. The van der Waals surface area contributed by atoms with E-state index in [1.165, 1.54) is 0 Å². The van der Waals surface area contributed by atoms with Gasteiger partial charge in [0, 0.05) is 18.6 Å². The van der Waals surface area contributed by atoms with Crippen LogP contribution in [0.2, 0.25) is 0 Å². The van der Waals surface area contributed by atoms with Gasteiger partial charge < -0.3 is 14.0 Å². The van der Waals surface area contributed by atoms with E-state index in [2.05, 4.69) is 9.97 Å². The second-order valence-electron chi connectivity index (χ2n) is 4.74. The van der Waals surface area contributed by atoms with Crippen molar-refractivity contribution in [2.75, 3.05) is 14.2 Å². The van der Waals surface area contributed by atoms with Gasteiger partial charge in [-0.25, -0.2) is 4.98 Å². The summed E-state index contributed by atoms with van der Waals surface area (Å²) in [5, 5.41) is 0. The van der Waals surface area contributed by atoms with Crippen LogP contribution in [0.5, 0.6) is 11.5 Å². The number of hydrogen-bond acceptors (Lipinski definition) is 4. The van der Waals surface area contributed by atoms with Gasteiger partial charge in [0.05, 0.1) is 32.0 Å². The van der Waals surface area contributed by atoms with Crippen molar-refractivity contribution in [1.82, 2.24) is 14.5 Å². The van der Waals surface area contributed by atoms with Crippen LogP contribution in [0.3, 0.4) is 0 Å². The molecule has 0 aliphatic carbocycles. The fourth-order valence-electron chi connectivity index (χ4n) is 2.41. The van der Waals surface area contributed by atoms with Crippen LogP contribution in [0, 0.1) is 0 Å². The fourth-order valence-corrected chi connectivity index (χ4v) is 2.41. The van der Waals surface area contributed by atoms with Crippen LogP contribution in [-0.2, 0) is 6.54 Å². The molecule has 22 heavy (non-hydrogen) atoms. The van der Waals surface area contributed by atoms with Crippen LogP contribution in [-0.4, -0.2) is 28.8 Å². The molecule has 0 amide bonds. The van der Waals surface area contributed by atoms with Gasteiger partial charge in [0.2, 0.25) is 0 Å². The van der Waals surface area contributed by atoms with Gasteiger partial charge >= 0.3 is 0 Å². The van der Waals surface area contributed by atoms with Gasteiger partial charge in [-0.3, -0.25) is 4.98 Å². The van der Waals surface area contributed by atoms with Gasteiger partial charge in [0.25, 0.3) is 0 Å². The molecular weight excluding hydrogens is 278 g/mol. The summed E-state index contributed by atoms with van der Waals surface area (Å²) in [7, 11) is 3.26. The topological polar surface area (TPSA) is 49.2 Å². The summed E-state index contributed by atoms with van der Waals surface area (Å²) in [6, 6.07) is 11.6. The first-order valence-corrected chi connectivity index (χ1v) is 6.96. The zero-order valence-electron chi connectivity index (χ0n) is 12.6. The van der Waals surface area contributed by atoms with E-state index < -0.39 is 0 Å². The molecule has 0 N–H and O–H groups in total. The number of pyridine rings is 1. The Morgan fingerprint density at radius 3 is 2.59 bits per heavy atom. The van der Waals surface area contributed by atoms with Crippen molar-refractivity contribution in [2.45, 2.75) is 6.54 Å². The maximum atomic E-state index is 5.50. The third-order valence-corrected chi connectivity index (χ3v) is 3.42. The van der Waals surface area contributed by atoms with Crippen LogP contribution in [0.15, 0.2) is 55.0 Å². The number of para-hydroxylation sites is 1. The molecule has 0 unspecified atom stereocenters. The predicted molar refractivity (Wildman–Crippen MR) is 84.1 cm³/mol. The van der Waals surface area contributed by atoms with E-state index in [1.807, 2.05) is 47.2 Å². The molecule has 0 bridgehead atoms. The van der Waals surface area contributed by atoms with Crippen molar-refractivity contribution in [1.29, 1.82) is 0 Å². The quantitative estimate of drug-likeness (QED) is 0.726. The van der Waals surface area contributed by atoms with Crippen LogP contribution in [0.1, 0.15) is 5.69 Å². The molecule has 2 aromatic heterocycles. The first kappa shape index (κ1) is 14.1. The van der Waals surface area contributed by atoms with Crippen LogP contribution >= 0.6 is 0 Å². The van der Waals surface area contributed by atoms with Crippen LogP contribution in [0.25, 0.3) is 11.4 Å². The first-order chi connectivity index (χ1) is 10.8. The van der Waals surface area contributed by atoms with Gasteiger partial charge in [-0.2, -0.15) is 0 Å². The molecule has 1 aromatic carbocycles. The minimum atomic E-state index is 0.649. The van der Waals surface area contributed by atoms with Gasteiger partial charge in [0.15, 0.2) is 11.5 Å². The Balaban J connectivity index is 2.02. The number of ether oxygens (including phenoxy) is 2. The van der Waals surface area contributed by atoms with Gasteiger partial charge in [-0.15, -0.1) is 0 Å². The van der Waals surface area contributed by atoms with Crippen molar-refractivity contribution >= 4 is 0 Å². The Labute approximate surface area is 129 Å². The molecule has 0 aliphatic heterocycles. The average molecular weight is 295 g/mol. The SMILES string of the molecule is COc1cccc(-c2nccn2Cc2ccccn2)c1OC. The molecule has 0 fully saturated rings. The summed E-state index contributed by atoms with van der Waals surface area (Å²) in [5.74, 6) is 2.19. The van der Waals surface area contributed by atoms with E-state index in [9.17, 15) is 0 Å². The Kier molecular flexibility index (Phi) is 4.05. The monoisotopic (exact) mass is 295 g/mol. The zero-order chi connectivity index (χ0) is 15.4. The molecule has 5 heteroatoms. The van der Waals surface area contributed by atoms with Crippen molar-refractivity contribution < 1.29 is 9.47 Å². The standard InChI is InChI=1S/C17H17N3O2/c1-21-15-8-5-7-14(16(15)22-2)17-19-10-11-20(17)12-13-6-3-4-9-18-13/h3-11H,12H2,1-2H3. The molecule has 2 heterocycles. The predicted octanol–water partition coefficient (Wildman–Crippen LogP) is 3.01. The minimum absolute atomic E-state index is 0.649. The number of imidazole rings is 1. The summed E-state index contributed by atoms with van der Waals surface area (Å²) in [6.07, 6.45) is 5.50. The van der Waals surface area contributed by atoms with Gasteiger partial charge in [-0.05, 0) is 24.3 Å². The summed E-state index contributed by atoms with van der Waals surface area (Å²) in [5.41, 5.74) is 1.87. The molecule has 3 rings (SSSR count). The smallest absolute Gasteiger partial charge is 0.171 e. The lowest BCUT2D eigenvalue weighted by atomic mass is 10.1. The lowest BCUT2D eigenvalue weighted by Gasteiger charge is -2.13. The van der Waals surface area contributed by atoms with Crippen LogP contribution in [0.4, 0.5) is 0 Å². The Bertz CT molecular complexity index is 754. The number of rotatable bonds is 5. The molecule has 0 saturated heterocycles. The molecule has 3 aromatic rings. The highest BCUT2D eigenvalue weighted by atomic mass is 16.5. The van der Waals surface area contributed by atoms with E-state index in [0.29, 0.717) is 18.0 Å². The van der Waals surface area contributed by atoms with E-state index >= 15 is 0 Å². The van der Waals surface area contributed by atoms with Crippen LogP contribution < -0.4 is 9.47 Å². The van der Waals surface area contributed by atoms with Gasteiger partial charge in [-0.1, -0.05) is 12.1 Å². The lowest BCUT2D eigenvalue weighted by molar-refractivity contribution is 0.356. The Morgan fingerprint density at radius 2 is 1.86 bits per heavy atom. The lowest BCUT2D eigenvalue weighted by Crippen LogP contribution is -2.04. The summed E-state index contributed by atoms with van der Waals surface area (Å²) >= 11 is 0. The Morgan fingerprint density at radius 1 is 0.955 bits per heavy atom. The molecule has 0 aliphatic rings. The molecule has 5 nitrogen and oxygen atoms in total. The number of hydrogen-bond donors (Lipinski definition) is 0. The second kappa shape index (κ2) is 6.30. The summed E-state index contributed by atoms with van der Waals surface area (Å²) in [6.45, 7) is 0.649. The first-order valence-electron chi connectivity index (χ1n) is 6.96. The summed E-state index contributed by atoms with van der Waals surface area (Å²) in [4.78, 5) is 8.83.